The molecule has 0 saturated carbocycles. The van der Waals surface area contributed by atoms with Gasteiger partial charge in [-0.15, -0.1) is 0 Å². The first kappa shape index (κ1) is 22.9. The van der Waals surface area contributed by atoms with E-state index in [0.29, 0.717) is 17.0 Å². The fraction of sp³-hybridized carbons (Fsp3) is 0.348. The van der Waals surface area contributed by atoms with Crippen LogP contribution in [0.25, 0.3) is 0 Å². The number of carbonyl (C=O) groups is 3. The normalized spacial score (nSPS) is 10.6. The van der Waals surface area contributed by atoms with Crippen LogP contribution in [0.5, 0.6) is 5.75 Å². The van der Waals surface area contributed by atoms with Crippen molar-refractivity contribution >= 4 is 23.4 Å². The number of amides is 3. The van der Waals surface area contributed by atoms with E-state index < -0.39 is 11.8 Å². The zero-order valence-electron chi connectivity index (χ0n) is 18.0. The van der Waals surface area contributed by atoms with Crippen molar-refractivity contribution in [3.63, 3.8) is 0 Å². The van der Waals surface area contributed by atoms with Crippen molar-refractivity contribution in [2.45, 2.75) is 40.5 Å². The zero-order chi connectivity index (χ0) is 22.3. The summed E-state index contributed by atoms with van der Waals surface area (Å²) in [4.78, 5) is 36.0. The Morgan fingerprint density at radius 3 is 2.20 bits per heavy atom. The molecule has 0 aliphatic heterocycles. The quantitative estimate of drug-likeness (QED) is 0.607. The molecule has 0 heterocycles. The number of rotatable bonds is 7. The summed E-state index contributed by atoms with van der Waals surface area (Å²) in [6, 6.07) is 12.3. The number of hydrogen-bond donors (Lipinski definition) is 3. The Morgan fingerprint density at radius 1 is 0.933 bits per heavy atom. The van der Waals surface area contributed by atoms with E-state index in [9.17, 15) is 14.4 Å². The van der Waals surface area contributed by atoms with Crippen LogP contribution < -0.4 is 20.9 Å². The van der Waals surface area contributed by atoms with E-state index in [4.69, 9.17) is 4.74 Å². The van der Waals surface area contributed by atoms with Crippen LogP contribution in [0.15, 0.2) is 42.5 Å². The Kier molecular flexibility index (Phi) is 7.98. The van der Waals surface area contributed by atoms with Gasteiger partial charge in [-0.25, -0.2) is 0 Å². The van der Waals surface area contributed by atoms with Crippen molar-refractivity contribution in [1.82, 2.24) is 10.9 Å². The van der Waals surface area contributed by atoms with E-state index in [1.165, 1.54) is 0 Å². The van der Waals surface area contributed by atoms with E-state index in [0.717, 1.165) is 11.1 Å². The maximum atomic E-state index is 12.2. The molecular weight excluding hydrogens is 382 g/mol. The predicted octanol–water partition coefficient (Wildman–Crippen LogP) is 3.55. The average molecular weight is 412 g/mol. The summed E-state index contributed by atoms with van der Waals surface area (Å²) in [5.41, 5.74) is 7.70. The molecule has 0 fully saturated rings. The third-order valence-electron chi connectivity index (χ3n) is 4.40. The lowest BCUT2D eigenvalue weighted by Crippen LogP contribution is -2.43. The molecular formula is C23H29N3O4. The second-order valence-electron chi connectivity index (χ2n) is 7.71. The highest BCUT2D eigenvalue weighted by molar-refractivity contribution is 5.97. The van der Waals surface area contributed by atoms with Crippen LogP contribution >= 0.6 is 0 Å². The van der Waals surface area contributed by atoms with Crippen LogP contribution in [-0.4, -0.2) is 24.3 Å². The Bertz CT molecular complexity index is 905. The Balaban J connectivity index is 1.86. The number of hydrazine groups is 1. The monoisotopic (exact) mass is 411 g/mol. The van der Waals surface area contributed by atoms with Crippen molar-refractivity contribution in [2.75, 3.05) is 11.9 Å². The van der Waals surface area contributed by atoms with Crippen LogP contribution in [0.3, 0.4) is 0 Å². The highest BCUT2D eigenvalue weighted by Gasteiger charge is 2.12. The standard InChI is InChI=1S/C23H29N3O4/c1-14(2)19-11-6-16(5)12-20(19)30-13-21(27)25-26-23(29)17-7-9-18(10-8-17)24-22(28)15(3)4/h6-12,14-15H,13H2,1-5H3,(H,24,28)(H,25,27)(H,26,29). The van der Waals surface area contributed by atoms with Crippen LogP contribution in [-0.2, 0) is 9.59 Å². The van der Waals surface area contributed by atoms with Gasteiger partial charge in [0.05, 0.1) is 0 Å². The highest BCUT2D eigenvalue weighted by atomic mass is 16.5. The summed E-state index contributed by atoms with van der Waals surface area (Å²) in [6.07, 6.45) is 0. The van der Waals surface area contributed by atoms with Gasteiger partial charge in [-0.1, -0.05) is 39.8 Å². The fourth-order valence-electron chi connectivity index (χ4n) is 2.61. The number of nitrogens with one attached hydrogen (secondary N) is 3. The van der Waals surface area contributed by atoms with Crippen LogP contribution in [0, 0.1) is 12.8 Å². The largest absolute Gasteiger partial charge is 0.483 e. The molecule has 3 amide bonds. The van der Waals surface area contributed by atoms with Crippen molar-refractivity contribution in [1.29, 1.82) is 0 Å². The predicted molar refractivity (Wildman–Crippen MR) is 116 cm³/mol. The number of benzene rings is 2. The summed E-state index contributed by atoms with van der Waals surface area (Å²) < 4.78 is 5.65. The Morgan fingerprint density at radius 2 is 1.60 bits per heavy atom. The van der Waals surface area contributed by atoms with E-state index in [-0.39, 0.29) is 24.3 Å². The first-order valence-corrected chi connectivity index (χ1v) is 9.90. The summed E-state index contributed by atoms with van der Waals surface area (Å²) in [6.45, 7) is 9.44. The highest BCUT2D eigenvalue weighted by Crippen LogP contribution is 2.27. The maximum Gasteiger partial charge on any atom is 0.276 e. The molecule has 2 aromatic rings. The van der Waals surface area contributed by atoms with Gasteiger partial charge in [-0.3, -0.25) is 25.2 Å². The molecule has 160 valence electrons. The summed E-state index contributed by atoms with van der Waals surface area (Å²) >= 11 is 0. The topological polar surface area (TPSA) is 96.5 Å². The molecule has 0 radical (unpaired) electrons. The molecule has 3 N–H and O–H groups in total. The smallest absolute Gasteiger partial charge is 0.276 e. The number of hydrogen-bond acceptors (Lipinski definition) is 4. The minimum Gasteiger partial charge on any atom is -0.483 e. The van der Waals surface area contributed by atoms with Gasteiger partial charge in [0, 0.05) is 17.2 Å². The molecule has 0 aliphatic carbocycles. The summed E-state index contributed by atoms with van der Waals surface area (Å²) in [5.74, 6) is -0.262. The van der Waals surface area contributed by atoms with E-state index in [1.807, 2.05) is 25.1 Å². The molecule has 2 aromatic carbocycles. The minimum absolute atomic E-state index is 0.103. The minimum atomic E-state index is -0.472. The lowest BCUT2D eigenvalue weighted by molar-refractivity contribution is -0.124. The zero-order valence-corrected chi connectivity index (χ0v) is 18.0. The van der Waals surface area contributed by atoms with Gasteiger partial charge in [0.25, 0.3) is 11.8 Å². The number of aryl methyl sites for hydroxylation is 1. The third-order valence-corrected chi connectivity index (χ3v) is 4.40. The summed E-state index contributed by atoms with van der Waals surface area (Å²) in [5, 5.41) is 2.75. The van der Waals surface area contributed by atoms with Gasteiger partial charge >= 0.3 is 0 Å². The van der Waals surface area contributed by atoms with E-state index in [2.05, 4.69) is 30.0 Å². The van der Waals surface area contributed by atoms with Crippen molar-refractivity contribution in [3.05, 3.63) is 59.2 Å². The van der Waals surface area contributed by atoms with Crippen molar-refractivity contribution in [2.24, 2.45) is 5.92 Å². The lowest BCUT2D eigenvalue weighted by Gasteiger charge is -2.15. The van der Waals surface area contributed by atoms with Gasteiger partial charge in [0.15, 0.2) is 6.61 Å². The summed E-state index contributed by atoms with van der Waals surface area (Å²) in [7, 11) is 0. The van der Waals surface area contributed by atoms with Crippen LogP contribution in [0.1, 0.15) is 55.1 Å². The van der Waals surface area contributed by atoms with Gasteiger partial charge in [-0.05, 0) is 54.3 Å². The van der Waals surface area contributed by atoms with Gasteiger partial charge in [-0.2, -0.15) is 0 Å². The van der Waals surface area contributed by atoms with Crippen molar-refractivity contribution in [3.8, 4) is 5.75 Å². The first-order valence-electron chi connectivity index (χ1n) is 9.90. The second kappa shape index (κ2) is 10.4. The first-order chi connectivity index (χ1) is 14.2. The van der Waals surface area contributed by atoms with Crippen LogP contribution in [0.2, 0.25) is 0 Å². The molecule has 7 heteroatoms. The van der Waals surface area contributed by atoms with Crippen molar-refractivity contribution < 1.29 is 19.1 Å². The Labute approximate surface area is 177 Å². The molecule has 0 bridgehead atoms. The molecule has 7 nitrogen and oxygen atoms in total. The molecule has 0 aliphatic rings. The lowest BCUT2D eigenvalue weighted by atomic mass is 10.0. The molecule has 0 spiro atoms. The van der Waals surface area contributed by atoms with E-state index >= 15 is 0 Å². The third kappa shape index (κ3) is 6.62. The molecule has 0 saturated heterocycles. The van der Waals surface area contributed by atoms with Gasteiger partial charge < -0.3 is 10.1 Å². The SMILES string of the molecule is Cc1ccc(C(C)C)c(OCC(=O)NNC(=O)c2ccc(NC(=O)C(C)C)cc2)c1. The molecule has 0 aromatic heterocycles. The number of carbonyl (C=O) groups excluding carboxylic acids is 3. The molecule has 2 rings (SSSR count). The maximum absolute atomic E-state index is 12.2. The number of ether oxygens (including phenoxy) is 1. The molecule has 30 heavy (non-hydrogen) atoms. The molecule has 0 atom stereocenters. The Hall–Kier alpha value is -3.35. The second-order valence-corrected chi connectivity index (χ2v) is 7.71. The van der Waals surface area contributed by atoms with Gasteiger partial charge in [0.2, 0.25) is 5.91 Å². The van der Waals surface area contributed by atoms with E-state index in [1.54, 1.807) is 38.1 Å². The number of anilines is 1. The molecule has 0 unspecified atom stereocenters. The van der Waals surface area contributed by atoms with Crippen LogP contribution in [0.4, 0.5) is 5.69 Å². The van der Waals surface area contributed by atoms with Gasteiger partial charge in [0.1, 0.15) is 5.75 Å². The average Bonchev–Trinajstić information content (AvgIpc) is 2.70. The fourth-order valence-corrected chi connectivity index (χ4v) is 2.61.